The number of rotatable bonds is 14. The van der Waals surface area contributed by atoms with E-state index >= 15 is 0 Å². The highest BCUT2D eigenvalue weighted by Crippen LogP contribution is 2.41. The van der Waals surface area contributed by atoms with Crippen LogP contribution in [0.1, 0.15) is 128 Å². The molecule has 35 heavy (non-hydrogen) atoms. The molecule has 0 aromatic rings. The van der Waals surface area contributed by atoms with Gasteiger partial charge in [0.05, 0.1) is 12.8 Å². The molecule has 0 bridgehead atoms. The first-order valence-corrected chi connectivity index (χ1v) is 13.0. The molecule has 0 saturated heterocycles. The highest BCUT2D eigenvalue weighted by atomic mass is 16.6. The lowest BCUT2D eigenvalue weighted by molar-refractivity contribution is -0.162. The number of carbonyl (C=O) groups is 2. The number of ether oxygens (including phenoxy) is 2. The van der Waals surface area contributed by atoms with Gasteiger partial charge in [-0.05, 0) is 71.6 Å². The van der Waals surface area contributed by atoms with Crippen LogP contribution in [-0.2, 0) is 19.1 Å². The van der Waals surface area contributed by atoms with E-state index in [9.17, 15) is 9.59 Å². The standard InChI is InChI=1S/C31H52O4/c1-15-30(13,16-2)22-28(9,10)34-24(32)19-26(5,6)21-27(7,8)20-25(33)35-29(11,12)23-31(14,17-3)18-4/h1,3H,16,18-23H2,2,4-14H3. The van der Waals surface area contributed by atoms with Gasteiger partial charge in [0, 0.05) is 23.7 Å². The molecular weight excluding hydrogens is 436 g/mol. The lowest BCUT2D eigenvalue weighted by atomic mass is 9.72. The summed E-state index contributed by atoms with van der Waals surface area (Å²) in [6.07, 6.45) is 15.4. The van der Waals surface area contributed by atoms with Crippen molar-refractivity contribution in [3.8, 4) is 24.7 Å². The van der Waals surface area contributed by atoms with Gasteiger partial charge in [-0.25, -0.2) is 0 Å². The fourth-order valence-corrected chi connectivity index (χ4v) is 5.40. The smallest absolute Gasteiger partial charge is 0.306 e. The lowest BCUT2D eigenvalue weighted by Crippen LogP contribution is -2.37. The molecule has 0 aromatic heterocycles. The Morgan fingerprint density at radius 3 is 1.11 bits per heavy atom. The average molecular weight is 489 g/mol. The molecule has 0 aromatic carbocycles. The van der Waals surface area contributed by atoms with Crippen molar-refractivity contribution in [1.82, 2.24) is 0 Å². The molecule has 0 radical (unpaired) electrons. The summed E-state index contributed by atoms with van der Waals surface area (Å²) in [7, 11) is 0. The maximum absolute atomic E-state index is 12.8. The van der Waals surface area contributed by atoms with Crippen molar-refractivity contribution in [2.75, 3.05) is 0 Å². The Balaban J connectivity index is 5.09. The lowest BCUT2D eigenvalue weighted by Gasteiger charge is -2.37. The molecule has 0 spiro atoms. The highest BCUT2D eigenvalue weighted by Gasteiger charge is 2.38. The van der Waals surface area contributed by atoms with Crippen LogP contribution in [0.25, 0.3) is 0 Å². The second kappa shape index (κ2) is 11.9. The zero-order valence-corrected chi connectivity index (χ0v) is 24.7. The Bertz CT molecular complexity index is 750. The Labute approximate surface area is 216 Å². The molecule has 0 N–H and O–H groups in total. The van der Waals surface area contributed by atoms with Gasteiger partial charge in [-0.15, -0.1) is 24.7 Å². The van der Waals surface area contributed by atoms with Gasteiger partial charge in [0.1, 0.15) is 11.2 Å². The number of carbonyl (C=O) groups excluding carboxylic acids is 2. The molecule has 0 amide bonds. The van der Waals surface area contributed by atoms with Crippen molar-refractivity contribution < 1.29 is 19.1 Å². The largest absolute Gasteiger partial charge is 0.460 e. The topological polar surface area (TPSA) is 52.6 Å². The van der Waals surface area contributed by atoms with Crippen molar-refractivity contribution in [2.45, 2.75) is 139 Å². The summed E-state index contributed by atoms with van der Waals surface area (Å²) in [6.45, 7) is 23.9. The Kier molecular flexibility index (Phi) is 11.2. The fraction of sp³-hybridized carbons (Fsp3) is 0.806. The fourth-order valence-electron chi connectivity index (χ4n) is 5.40. The first-order chi connectivity index (χ1) is 15.6. The molecule has 0 heterocycles. The van der Waals surface area contributed by atoms with Gasteiger partial charge in [0.2, 0.25) is 0 Å². The number of hydrogen-bond donors (Lipinski definition) is 0. The maximum atomic E-state index is 12.8. The molecule has 0 rings (SSSR count). The molecule has 200 valence electrons. The van der Waals surface area contributed by atoms with E-state index in [1.165, 1.54) is 0 Å². The van der Waals surface area contributed by atoms with E-state index in [2.05, 4.69) is 11.8 Å². The van der Waals surface area contributed by atoms with Gasteiger partial charge in [-0.2, -0.15) is 0 Å². The Morgan fingerprint density at radius 1 is 0.600 bits per heavy atom. The summed E-state index contributed by atoms with van der Waals surface area (Å²) in [5.74, 6) is 5.20. The van der Waals surface area contributed by atoms with E-state index in [-0.39, 0.29) is 46.4 Å². The van der Waals surface area contributed by atoms with E-state index in [1.54, 1.807) is 0 Å². The summed E-state index contributed by atoms with van der Waals surface area (Å²) in [4.78, 5) is 25.7. The average Bonchev–Trinajstić information content (AvgIpc) is 2.63. The molecule has 0 aliphatic heterocycles. The van der Waals surface area contributed by atoms with Gasteiger partial charge in [0.25, 0.3) is 0 Å². The maximum Gasteiger partial charge on any atom is 0.306 e. The van der Waals surface area contributed by atoms with Gasteiger partial charge in [-0.3, -0.25) is 9.59 Å². The van der Waals surface area contributed by atoms with Crippen molar-refractivity contribution >= 4 is 11.9 Å². The molecule has 2 unspecified atom stereocenters. The van der Waals surface area contributed by atoms with Crippen LogP contribution < -0.4 is 0 Å². The number of hydrogen-bond acceptors (Lipinski definition) is 4. The third-order valence-electron chi connectivity index (χ3n) is 6.87. The van der Waals surface area contributed by atoms with E-state index in [0.29, 0.717) is 19.3 Å². The summed E-state index contributed by atoms with van der Waals surface area (Å²) < 4.78 is 11.7. The summed E-state index contributed by atoms with van der Waals surface area (Å²) >= 11 is 0. The quantitative estimate of drug-likeness (QED) is 0.185. The Hall–Kier alpha value is -1.94. The molecule has 0 fully saturated rings. The first kappa shape index (κ1) is 33.1. The zero-order chi connectivity index (χ0) is 27.9. The number of esters is 2. The van der Waals surface area contributed by atoms with Crippen LogP contribution >= 0.6 is 0 Å². The van der Waals surface area contributed by atoms with E-state index in [1.807, 2.05) is 83.1 Å². The zero-order valence-electron chi connectivity index (χ0n) is 24.7. The van der Waals surface area contributed by atoms with Crippen molar-refractivity contribution in [1.29, 1.82) is 0 Å². The summed E-state index contributed by atoms with van der Waals surface area (Å²) in [6, 6.07) is 0. The van der Waals surface area contributed by atoms with E-state index < -0.39 is 11.2 Å². The van der Waals surface area contributed by atoms with Crippen LogP contribution in [0.3, 0.4) is 0 Å². The van der Waals surface area contributed by atoms with Crippen LogP contribution in [0.4, 0.5) is 0 Å². The second-order valence-electron chi connectivity index (χ2n) is 13.8. The third-order valence-corrected chi connectivity index (χ3v) is 6.87. The minimum absolute atomic E-state index is 0.247. The second-order valence-corrected chi connectivity index (χ2v) is 13.8. The molecule has 0 aliphatic rings. The van der Waals surface area contributed by atoms with Gasteiger partial charge in [0.15, 0.2) is 0 Å². The molecule has 0 saturated carbocycles. The van der Waals surface area contributed by atoms with E-state index in [4.69, 9.17) is 22.3 Å². The molecule has 4 heteroatoms. The van der Waals surface area contributed by atoms with Gasteiger partial charge in [-0.1, -0.05) is 41.5 Å². The predicted molar refractivity (Wildman–Crippen MR) is 145 cm³/mol. The van der Waals surface area contributed by atoms with Crippen LogP contribution in [0.5, 0.6) is 0 Å². The first-order valence-electron chi connectivity index (χ1n) is 13.0. The molecule has 0 aliphatic carbocycles. The normalized spacial score (nSPS) is 16.3. The van der Waals surface area contributed by atoms with Gasteiger partial charge < -0.3 is 9.47 Å². The van der Waals surface area contributed by atoms with Gasteiger partial charge >= 0.3 is 11.9 Å². The van der Waals surface area contributed by atoms with E-state index in [0.717, 1.165) is 12.8 Å². The summed E-state index contributed by atoms with van der Waals surface area (Å²) in [5, 5.41) is 0. The SMILES string of the molecule is C#CC(C)(CC)CC(C)(C)OC(=O)CC(C)(C)CC(C)(C)CC(=O)OC(C)(C)CC(C)(C#C)CC. The van der Waals surface area contributed by atoms with Crippen LogP contribution in [-0.4, -0.2) is 23.1 Å². The molecule has 4 nitrogen and oxygen atoms in total. The monoisotopic (exact) mass is 488 g/mol. The van der Waals surface area contributed by atoms with Crippen LogP contribution in [0, 0.1) is 46.3 Å². The van der Waals surface area contributed by atoms with Crippen LogP contribution in [0.2, 0.25) is 0 Å². The minimum atomic E-state index is -0.652. The number of terminal acetylenes is 2. The van der Waals surface area contributed by atoms with Crippen molar-refractivity contribution in [3.05, 3.63) is 0 Å². The van der Waals surface area contributed by atoms with Crippen molar-refractivity contribution in [3.63, 3.8) is 0 Å². The van der Waals surface area contributed by atoms with Crippen LogP contribution in [0.15, 0.2) is 0 Å². The molecule has 2 atom stereocenters. The highest BCUT2D eigenvalue weighted by molar-refractivity contribution is 5.71. The predicted octanol–water partition coefficient (Wildman–Crippen LogP) is 7.73. The van der Waals surface area contributed by atoms with Crippen molar-refractivity contribution in [2.24, 2.45) is 21.7 Å². The molecular formula is C31H52O4. The summed E-state index contributed by atoms with van der Waals surface area (Å²) in [5.41, 5.74) is -2.64. The third kappa shape index (κ3) is 12.5. The Morgan fingerprint density at radius 2 is 0.886 bits per heavy atom. The minimum Gasteiger partial charge on any atom is -0.460 e.